The molecule has 1 unspecified atom stereocenters. The van der Waals surface area contributed by atoms with Crippen molar-refractivity contribution in [3.8, 4) is 5.75 Å². The molecule has 1 aliphatic rings. The highest BCUT2D eigenvalue weighted by atomic mass is 16.6. The van der Waals surface area contributed by atoms with Crippen LogP contribution in [0.2, 0.25) is 0 Å². The number of nitrogens with zero attached hydrogens (tertiary/aromatic N) is 1. The van der Waals surface area contributed by atoms with Crippen molar-refractivity contribution in [3.05, 3.63) is 69.3 Å². The molecule has 0 aromatic heterocycles. The Labute approximate surface area is 122 Å². The van der Waals surface area contributed by atoms with Crippen LogP contribution in [0.4, 0.5) is 5.69 Å². The van der Waals surface area contributed by atoms with E-state index in [4.69, 9.17) is 4.74 Å². The van der Waals surface area contributed by atoms with Gasteiger partial charge in [-0.2, -0.15) is 0 Å². The van der Waals surface area contributed by atoms with Gasteiger partial charge in [-0.25, -0.2) is 0 Å². The summed E-state index contributed by atoms with van der Waals surface area (Å²) in [6, 6.07) is 12.0. The van der Waals surface area contributed by atoms with Gasteiger partial charge >= 0.3 is 0 Å². The van der Waals surface area contributed by atoms with Gasteiger partial charge < -0.3 is 9.84 Å². The largest absolute Gasteiger partial charge is 0.493 e. The number of aliphatic hydroxyl groups is 1. The molecule has 0 saturated carbocycles. The van der Waals surface area contributed by atoms with E-state index >= 15 is 0 Å². The van der Waals surface area contributed by atoms with E-state index in [-0.39, 0.29) is 5.69 Å². The SMILES string of the molecule is O=[N+]([O-])c1ccc(CC(O)c2ccc3c(c2)CCO3)cc1. The summed E-state index contributed by atoms with van der Waals surface area (Å²) in [5.74, 6) is 0.890. The third-order valence-corrected chi connectivity index (χ3v) is 3.67. The average molecular weight is 285 g/mol. The first-order chi connectivity index (χ1) is 10.1. The fraction of sp³-hybridized carbons (Fsp3) is 0.250. The lowest BCUT2D eigenvalue weighted by Gasteiger charge is -2.12. The molecule has 2 aromatic carbocycles. The molecule has 1 atom stereocenters. The normalized spacial score (nSPS) is 14.3. The third-order valence-electron chi connectivity index (χ3n) is 3.67. The highest BCUT2D eigenvalue weighted by Crippen LogP contribution is 2.29. The Balaban J connectivity index is 1.73. The molecule has 1 heterocycles. The molecule has 5 nitrogen and oxygen atoms in total. The zero-order valence-electron chi connectivity index (χ0n) is 11.4. The molecule has 1 aliphatic heterocycles. The molecule has 0 saturated heterocycles. The average Bonchev–Trinajstić information content (AvgIpc) is 2.95. The molecular weight excluding hydrogens is 270 g/mol. The van der Waals surface area contributed by atoms with Crippen LogP contribution in [0, 0.1) is 10.1 Å². The number of rotatable bonds is 4. The van der Waals surface area contributed by atoms with E-state index in [2.05, 4.69) is 0 Å². The lowest BCUT2D eigenvalue weighted by Crippen LogP contribution is -2.02. The van der Waals surface area contributed by atoms with Gasteiger partial charge in [-0.1, -0.05) is 18.2 Å². The van der Waals surface area contributed by atoms with Crippen molar-refractivity contribution in [1.29, 1.82) is 0 Å². The predicted molar refractivity (Wildman–Crippen MR) is 77.4 cm³/mol. The van der Waals surface area contributed by atoms with Crippen molar-refractivity contribution in [2.24, 2.45) is 0 Å². The minimum atomic E-state index is -0.627. The summed E-state index contributed by atoms with van der Waals surface area (Å²) < 4.78 is 5.44. The Bertz CT molecular complexity index is 666. The summed E-state index contributed by atoms with van der Waals surface area (Å²) in [4.78, 5) is 10.2. The molecule has 0 bridgehead atoms. The molecule has 1 N–H and O–H groups in total. The van der Waals surface area contributed by atoms with Crippen LogP contribution < -0.4 is 4.74 Å². The van der Waals surface area contributed by atoms with Gasteiger partial charge in [0.15, 0.2) is 0 Å². The van der Waals surface area contributed by atoms with E-state index in [0.717, 1.165) is 28.9 Å². The third kappa shape index (κ3) is 2.87. The molecule has 3 rings (SSSR count). The topological polar surface area (TPSA) is 72.6 Å². The fourth-order valence-corrected chi connectivity index (χ4v) is 2.51. The lowest BCUT2D eigenvalue weighted by molar-refractivity contribution is -0.384. The Morgan fingerprint density at radius 1 is 1.24 bits per heavy atom. The lowest BCUT2D eigenvalue weighted by atomic mass is 9.99. The monoisotopic (exact) mass is 285 g/mol. The van der Waals surface area contributed by atoms with Crippen LogP contribution in [0.3, 0.4) is 0 Å². The summed E-state index contributed by atoms with van der Waals surface area (Å²) in [5.41, 5.74) is 2.89. The highest BCUT2D eigenvalue weighted by Gasteiger charge is 2.16. The van der Waals surface area contributed by atoms with Gasteiger partial charge in [0.1, 0.15) is 5.75 Å². The van der Waals surface area contributed by atoms with Gasteiger partial charge in [-0.3, -0.25) is 10.1 Å². The number of fused-ring (bicyclic) bond motifs is 1. The summed E-state index contributed by atoms with van der Waals surface area (Å²) in [6.45, 7) is 0.692. The molecule has 0 radical (unpaired) electrons. The Morgan fingerprint density at radius 2 is 2.00 bits per heavy atom. The van der Waals surface area contributed by atoms with Gasteiger partial charge in [-0.15, -0.1) is 0 Å². The molecule has 5 heteroatoms. The molecule has 0 amide bonds. The number of hydrogen-bond acceptors (Lipinski definition) is 4. The number of nitro groups is 1. The summed E-state index contributed by atoms with van der Waals surface area (Å²) >= 11 is 0. The number of non-ortho nitro benzene ring substituents is 1. The molecule has 21 heavy (non-hydrogen) atoms. The van der Waals surface area contributed by atoms with Crippen molar-refractivity contribution in [2.45, 2.75) is 18.9 Å². The first-order valence-electron chi connectivity index (χ1n) is 6.80. The van der Waals surface area contributed by atoms with Crippen LogP contribution >= 0.6 is 0 Å². The smallest absolute Gasteiger partial charge is 0.269 e. The summed E-state index contributed by atoms with van der Waals surface area (Å²) in [6.07, 6.45) is 0.669. The van der Waals surface area contributed by atoms with Crippen LogP contribution in [0.1, 0.15) is 22.8 Å². The van der Waals surface area contributed by atoms with Crippen LogP contribution in [-0.4, -0.2) is 16.6 Å². The second-order valence-electron chi connectivity index (χ2n) is 5.11. The zero-order chi connectivity index (χ0) is 14.8. The quantitative estimate of drug-likeness (QED) is 0.692. The molecule has 0 spiro atoms. The summed E-state index contributed by atoms with van der Waals surface area (Å²) in [7, 11) is 0. The van der Waals surface area contributed by atoms with Gasteiger partial charge in [0.2, 0.25) is 0 Å². The standard InChI is InChI=1S/C16H15NO4/c18-15(9-11-1-4-14(5-2-11)17(19)20)12-3-6-16-13(10-12)7-8-21-16/h1-6,10,15,18H,7-9H2. The molecule has 2 aromatic rings. The van der Waals surface area contributed by atoms with Crippen LogP contribution in [0.5, 0.6) is 5.75 Å². The van der Waals surface area contributed by atoms with Gasteiger partial charge in [0.25, 0.3) is 5.69 Å². The number of ether oxygens (including phenoxy) is 1. The van der Waals surface area contributed by atoms with E-state index in [0.29, 0.717) is 13.0 Å². The van der Waals surface area contributed by atoms with Crippen LogP contribution in [-0.2, 0) is 12.8 Å². The van der Waals surface area contributed by atoms with E-state index in [1.54, 1.807) is 12.1 Å². The maximum absolute atomic E-state index is 10.6. The van der Waals surface area contributed by atoms with E-state index < -0.39 is 11.0 Å². The van der Waals surface area contributed by atoms with Crippen molar-refractivity contribution < 1.29 is 14.8 Å². The minimum Gasteiger partial charge on any atom is -0.493 e. The Morgan fingerprint density at radius 3 is 2.71 bits per heavy atom. The highest BCUT2D eigenvalue weighted by molar-refractivity contribution is 5.41. The van der Waals surface area contributed by atoms with E-state index in [1.165, 1.54) is 12.1 Å². The van der Waals surface area contributed by atoms with Crippen LogP contribution in [0.15, 0.2) is 42.5 Å². The van der Waals surface area contributed by atoms with E-state index in [9.17, 15) is 15.2 Å². The second-order valence-corrected chi connectivity index (χ2v) is 5.11. The first-order valence-corrected chi connectivity index (χ1v) is 6.80. The first kappa shape index (κ1) is 13.6. The van der Waals surface area contributed by atoms with Gasteiger partial charge in [0.05, 0.1) is 17.6 Å². The fourth-order valence-electron chi connectivity index (χ4n) is 2.51. The molecular formula is C16H15NO4. The maximum Gasteiger partial charge on any atom is 0.269 e. The Kier molecular flexibility index (Phi) is 3.58. The molecule has 108 valence electrons. The maximum atomic E-state index is 10.6. The number of nitro benzene ring substituents is 1. The molecule has 0 fully saturated rings. The van der Waals surface area contributed by atoms with Crippen molar-refractivity contribution in [1.82, 2.24) is 0 Å². The van der Waals surface area contributed by atoms with Crippen molar-refractivity contribution in [2.75, 3.05) is 6.61 Å². The second kappa shape index (κ2) is 5.54. The minimum absolute atomic E-state index is 0.0583. The van der Waals surface area contributed by atoms with Crippen LogP contribution in [0.25, 0.3) is 0 Å². The van der Waals surface area contributed by atoms with Crippen molar-refractivity contribution >= 4 is 5.69 Å². The summed E-state index contributed by atoms with van der Waals surface area (Å²) in [5, 5.41) is 20.9. The van der Waals surface area contributed by atoms with Gasteiger partial charge in [0, 0.05) is 25.0 Å². The number of benzene rings is 2. The Hall–Kier alpha value is -2.40. The molecule has 0 aliphatic carbocycles. The van der Waals surface area contributed by atoms with E-state index in [1.807, 2.05) is 18.2 Å². The number of hydrogen-bond donors (Lipinski definition) is 1. The number of aliphatic hydroxyl groups excluding tert-OH is 1. The van der Waals surface area contributed by atoms with Crippen molar-refractivity contribution in [3.63, 3.8) is 0 Å². The predicted octanol–water partition coefficient (Wildman–Crippen LogP) is 2.81. The van der Waals surface area contributed by atoms with Gasteiger partial charge in [-0.05, 0) is 28.8 Å². The zero-order valence-corrected chi connectivity index (χ0v) is 11.4.